The van der Waals surface area contributed by atoms with Gasteiger partial charge in [-0.1, -0.05) is 30.3 Å². The number of likely N-dealkylation sites (N-methyl/N-ethyl adjacent to an activating group) is 1. The minimum Gasteiger partial charge on any atom is -0.395 e. The summed E-state index contributed by atoms with van der Waals surface area (Å²) in [5.41, 5.74) is 6.41. The number of rotatable bonds is 6. The number of primary amides is 1. The molecule has 1 unspecified atom stereocenters. The number of carbonyl (C=O) groups excluding carboxylic acids is 2. The zero-order chi connectivity index (χ0) is 19.6. The third kappa shape index (κ3) is 4.33. The number of hydrogen-bond acceptors (Lipinski definition) is 4. The first kappa shape index (κ1) is 18.6. The van der Waals surface area contributed by atoms with E-state index in [4.69, 9.17) is 5.73 Å². The molecule has 0 saturated carbocycles. The quantitative estimate of drug-likeness (QED) is 0.840. The molecule has 2 aromatic carbocycles. The lowest BCUT2D eigenvalue weighted by Gasteiger charge is -2.27. The van der Waals surface area contributed by atoms with Crippen LogP contribution in [0.25, 0.3) is 0 Å². The molecule has 0 spiro atoms. The molecule has 1 aliphatic rings. The molecule has 2 amide bonds. The Morgan fingerprint density at radius 1 is 1.11 bits per heavy atom. The van der Waals surface area contributed by atoms with Crippen LogP contribution < -0.4 is 15.2 Å². The van der Waals surface area contributed by atoms with Gasteiger partial charge in [0, 0.05) is 25.1 Å². The predicted molar refractivity (Wildman–Crippen MR) is 92.5 cm³/mol. The number of hydrogen-bond donors (Lipinski definition) is 1. The molecule has 0 fully saturated rings. The van der Waals surface area contributed by atoms with E-state index in [1.807, 2.05) is 30.3 Å². The number of benzene rings is 2. The van der Waals surface area contributed by atoms with Gasteiger partial charge in [0.05, 0.1) is 0 Å². The van der Waals surface area contributed by atoms with E-state index < -0.39 is 24.2 Å². The molecule has 27 heavy (non-hydrogen) atoms. The van der Waals surface area contributed by atoms with Gasteiger partial charge in [0.15, 0.2) is 11.5 Å². The number of amides is 2. The SMILES string of the molecule is CN(C(=O)c1ccc2c(c1)OC(F)(F)O2)C(CC(N)=O)Cc1ccccc1. The molecule has 1 aliphatic heterocycles. The summed E-state index contributed by atoms with van der Waals surface area (Å²) in [6, 6.07) is 12.7. The van der Waals surface area contributed by atoms with Gasteiger partial charge in [0.2, 0.25) is 5.91 Å². The smallest absolute Gasteiger partial charge is 0.395 e. The minimum absolute atomic E-state index is 0.0280. The average Bonchev–Trinajstić information content (AvgIpc) is 2.93. The fourth-order valence-corrected chi connectivity index (χ4v) is 2.92. The van der Waals surface area contributed by atoms with E-state index in [0.29, 0.717) is 6.42 Å². The van der Waals surface area contributed by atoms with E-state index >= 15 is 0 Å². The zero-order valence-electron chi connectivity index (χ0n) is 14.5. The van der Waals surface area contributed by atoms with Gasteiger partial charge in [0.1, 0.15) is 0 Å². The fraction of sp³-hybridized carbons (Fsp3) is 0.263. The first-order valence-electron chi connectivity index (χ1n) is 8.24. The van der Waals surface area contributed by atoms with E-state index in [1.54, 1.807) is 0 Å². The molecule has 3 rings (SSSR count). The Bertz CT molecular complexity index is 858. The Balaban J connectivity index is 1.80. The number of alkyl halides is 2. The molecule has 6 nitrogen and oxygen atoms in total. The highest BCUT2D eigenvalue weighted by molar-refractivity contribution is 5.95. The summed E-state index contributed by atoms with van der Waals surface area (Å²) in [5, 5.41) is 0. The molecule has 0 bridgehead atoms. The lowest BCUT2D eigenvalue weighted by atomic mass is 10.0. The number of nitrogens with two attached hydrogens (primary N) is 1. The molecule has 2 aromatic rings. The largest absolute Gasteiger partial charge is 0.586 e. The van der Waals surface area contributed by atoms with Gasteiger partial charge in [-0.2, -0.15) is 0 Å². The van der Waals surface area contributed by atoms with E-state index in [0.717, 1.165) is 5.56 Å². The van der Waals surface area contributed by atoms with Crippen molar-refractivity contribution in [2.75, 3.05) is 7.05 Å². The van der Waals surface area contributed by atoms with Gasteiger partial charge in [-0.3, -0.25) is 9.59 Å². The molecule has 0 aromatic heterocycles. The topological polar surface area (TPSA) is 81.9 Å². The lowest BCUT2D eigenvalue weighted by Crippen LogP contribution is -2.41. The van der Waals surface area contributed by atoms with E-state index in [9.17, 15) is 18.4 Å². The molecule has 1 atom stereocenters. The van der Waals surface area contributed by atoms with Gasteiger partial charge >= 0.3 is 6.29 Å². The highest BCUT2D eigenvalue weighted by Crippen LogP contribution is 2.41. The van der Waals surface area contributed by atoms with Crippen molar-refractivity contribution in [3.05, 3.63) is 59.7 Å². The predicted octanol–water partition coefficient (Wildman–Crippen LogP) is 2.57. The maximum Gasteiger partial charge on any atom is 0.586 e. The van der Waals surface area contributed by atoms with Gasteiger partial charge in [0.25, 0.3) is 5.91 Å². The maximum absolute atomic E-state index is 13.2. The first-order valence-corrected chi connectivity index (χ1v) is 8.24. The third-order valence-electron chi connectivity index (χ3n) is 4.27. The molecule has 2 N–H and O–H groups in total. The summed E-state index contributed by atoms with van der Waals surface area (Å²) in [7, 11) is 1.54. The molecular weight excluding hydrogens is 358 g/mol. The number of nitrogens with zero attached hydrogens (tertiary/aromatic N) is 1. The second kappa shape index (κ2) is 7.22. The molecule has 0 aliphatic carbocycles. The van der Waals surface area contributed by atoms with Gasteiger partial charge < -0.3 is 20.1 Å². The van der Waals surface area contributed by atoms with Crippen LogP contribution in [0.2, 0.25) is 0 Å². The maximum atomic E-state index is 13.2. The van der Waals surface area contributed by atoms with E-state index in [2.05, 4.69) is 9.47 Å². The monoisotopic (exact) mass is 376 g/mol. The highest BCUT2D eigenvalue weighted by atomic mass is 19.3. The number of ether oxygens (including phenoxy) is 2. The van der Waals surface area contributed by atoms with Crippen LogP contribution in [-0.2, 0) is 11.2 Å². The molecule has 142 valence electrons. The van der Waals surface area contributed by atoms with E-state index in [-0.39, 0.29) is 23.5 Å². The van der Waals surface area contributed by atoms with Crippen LogP contribution in [0.4, 0.5) is 8.78 Å². The second-order valence-electron chi connectivity index (χ2n) is 6.26. The van der Waals surface area contributed by atoms with Crippen molar-refractivity contribution in [2.45, 2.75) is 25.2 Å². The molecule has 8 heteroatoms. The zero-order valence-corrected chi connectivity index (χ0v) is 14.5. The summed E-state index contributed by atoms with van der Waals surface area (Å²) < 4.78 is 35.0. The van der Waals surface area contributed by atoms with Crippen molar-refractivity contribution in [3.63, 3.8) is 0 Å². The van der Waals surface area contributed by atoms with Crippen LogP contribution in [-0.4, -0.2) is 36.1 Å². The molecule has 0 radical (unpaired) electrons. The minimum atomic E-state index is -3.75. The van der Waals surface area contributed by atoms with Crippen LogP contribution in [0.1, 0.15) is 22.3 Å². The lowest BCUT2D eigenvalue weighted by molar-refractivity contribution is -0.286. The number of fused-ring (bicyclic) bond motifs is 1. The van der Waals surface area contributed by atoms with Crippen molar-refractivity contribution in [1.82, 2.24) is 4.90 Å². The van der Waals surface area contributed by atoms with Crippen molar-refractivity contribution in [1.29, 1.82) is 0 Å². The first-order chi connectivity index (χ1) is 12.7. The second-order valence-corrected chi connectivity index (χ2v) is 6.26. The van der Waals surface area contributed by atoms with Crippen LogP contribution in [0.5, 0.6) is 11.5 Å². The van der Waals surface area contributed by atoms with Gasteiger partial charge in [-0.25, -0.2) is 0 Å². The van der Waals surface area contributed by atoms with Crippen LogP contribution in [0.15, 0.2) is 48.5 Å². The summed E-state index contributed by atoms with van der Waals surface area (Å²) in [5.74, 6) is -1.34. The highest BCUT2D eigenvalue weighted by Gasteiger charge is 2.43. The molecule has 1 heterocycles. The van der Waals surface area contributed by atoms with Crippen LogP contribution in [0.3, 0.4) is 0 Å². The van der Waals surface area contributed by atoms with Gasteiger partial charge in [-0.15, -0.1) is 8.78 Å². The number of carbonyl (C=O) groups is 2. The van der Waals surface area contributed by atoms with Crippen molar-refractivity contribution in [2.24, 2.45) is 5.73 Å². The Morgan fingerprint density at radius 2 is 1.78 bits per heavy atom. The Hall–Kier alpha value is -3.16. The summed E-state index contributed by atoms with van der Waals surface area (Å²) >= 11 is 0. The van der Waals surface area contributed by atoms with Crippen molar-refractivity contribution < 1.29 is 27.8 Å². The standard InChI is InChI=1S/C19H18F2N2O4/c1-23(14(11-17(22)24)9-12-5-3-2-4-6-12)18(25)13-7-8-15-16(10-13)27-19(20,21)26-15/h2-8,10,14H,9,11H2,1H3,(H2,22,24). The third-order valence-corrected chi connectivity index (χ3v) is 4.27. The summed E-state index contributed by atoms with van der Waals surface area (Å²) in [6.07, 6.45) is -3.36. The van der Waals surface area contributed by atoms with Crippen LogP contribution in [0, 0.1) is 0 Å². The normalized spacial score (nSPS) is 15.2. The van der Waals surface area contributed by atoms with Crippen molar-refractivity contribution in [3.8, 4) is 11.5 Å². The summed E-state index contributed by atoms with van der Waals surface area (Å²) in [6.45, 7) is 0. The van der Waals surface area contributed by atoms with Crippen LogP contribution >= 0.6 is 0 Å². The summed E-state index contributed by atoms with van der Waals surface area (Å²) in [4.78, 5) is 25.6. The average molecular weight is 376 g/mol. The number of halogens is 2. The van der Waals surface area contributed by atoms with Crippen molar-refractivity contribution >= 4 is 11.8 Å². The fourth-order valence-electron chi connectivity index (χ4n) is 2.92. The Morgan fingerprint density at radius 3 is 2.44 bits per heavy atom. The Labute approximate surface area is 154 Å². The van der Waals surface area contributed by atoms with Gasteiger partial charge in [-0.05, 0) is 30.2 Å². The molecular formula is C19H18F2N2O4. The van der Waals surface area contributed by atoms with E-state index in [1.165, 1.54) is 30.1 Å². The molecule has 0 saturated heterocycles. The Kier molecular flexibility index (Phi) is 4.98.